The van der Waals surface area contributed by atoms with E-state index in [2.05, 4.69) is 33.4 Å². The fourth-order valence-electron chi connectivity index (χ4n) is 6.02. The Balaban J connectivity index is 1.52. The zero-order valence-corrected chi connectivity index (χ0v) is 22.0. The molecule has 0 unspecified atom stereocenters. The van der Waals surface area contributed by atoms with Gasteiger partial charge in [0.05, 0.1) is 12.6 Å². The van der Waals surface area contributed by atoms with Crippen molar-refractivity contribution in [2.24, 2.45) is 0 Å². The first-order valence-electron chi connectivity index (χ1n) is 13.5. The fourth-order valence-corrected chi connectivity index (χ4v) is 6.02. The highest BCUT2D eigenvalue weighted by atomic mass is 16.2. The Morgan fingerprint density at radius 1 is 0.973 bits per heavy atom. The molecular weight excluding hydrogens is 472 g/mol. The van der Waals surface area contributed by atoms with E-state index in [1.54, 1.807) is 30.8 Å². The van der Waals surface area contributed by atoms with Gasteiger partial charge in [0, 0.05) is 31.6 Å². The molecule has 0 spiro atoms. The van der Waals surface area contributed by atoms with Crippen LogP contribution in [-0.4, -0.2) is 90.9 Å². The van der Waals surface area contributed by atoms with Crippen LogP contribution < -0.4 is 21.3 Å². The first-order chi connectivity index (χ1) is 17.8. The Bertz CT molecular complexity index is 988. The van der Waals surface area contributed by atoms with E-state index >= 15 is 0 Å². The third-order valence-corrected chi connectivity index (χ3v) is 8.21. The molecule has 3 fully saturated rings. The second-order valence-electron chi connectivity index (χ2n) is 10.4. The number of nitrogens with one attached hydrogen (secondary N) is 4. The van der Waals surface area contributed by atoms with Crippen LogP contribution in [0.3, 0.4) is 0 Å². The van der Waals surface area contributed by atoms with Crippen LogP contribution in [0.2, 0.25) is 0 Å². The zero-order valence-electron chi connectivity index (χ0n) is 22.0. The fraction of sp³-hybridized carbons (Fsp3) is 0.630. The highest BCUT2D eigenvalue weighted by Gasteiger charge is 2.46. The molecule has 1 aromatic rings. The van der Waals surface area contributed by atoms with Crippen LogP contribution in [-0.2, 0) is 14.4 Å². The van der Waals surface area contributed by atoms with Crippen molar-refractivity contribution in [2.75, 3.05) is 27.2 Å². The van der Waals surface area contributed by atoms with Crippen LogP contribution in [0.15, 0.2) is 30.3 Å². The van der Waals surface area contributed by atoms with Gasteiger partial charge in [-0.3, -0.25) is 14.4 Å². The van der Waals surface area contributed by atoms with Gasteiger partial charge in [0.15, 0.2) is 0 Å². The van der Waals surface area contributed by atoms with Crippen molar-refractivity contribution in [2.45, 2.75) is 81.6 Å². The van der Waals surface area contributed by atoms with E-state index in [4.69, 9.17) is 0 Å². The van der Waals surface area contributed by atoms with Crippen LogP contribution in [0.5, 0.6) is 0 Å². The number of fused-ring (bicyclic) bond motifs is 1. The molecule has 2 saturated heterocycles. The molecule has 10 nitrogen and oxygen atoms in total. The quantitative estimate of drug-likeness (QED) is 0.452. The van der Waals surface area contributed by atoms with Crippen molar-refractivity contribution in [1.29, 1.82) is 0 Å². The Morgan fingerprint density at radius 3 is 2.43 bits per heavy atom. The highest BCUT2D eigenvalue weighted by Crippen LogP contribution is 2.35. The minimum atomic E-state index is -0.930. The summed E-state index contributed by atoms with van der Waals surface area (Å²) >= 11 is 0. The molecule has 4 N–H and O–H groups in total. The first-order valence-corrected chi connectivity index (χ1v) is 13.5. The second-order valence-corrected chi connectivity index (χ2v) is 10.4. The third-order valence-electron chi connectivity index (χ3n) is 8.21. The summed E-state index contributed by atoms with van der Waals surface area (Å²) in [5, 5.41) is 11.6. The topological polar surface area (TPSA) is 123 Å². The molecule has 10 heteroatoms. The summed E-state index contributed by atoms with van der Waals surface area (Å²) in [5.74, 6) is -0.492. The van der Waals surface area contributed by atoms with Crippen LogP contribution >= 0.6 is 0 Å². The van der Waals surface area contributed by atoms with Crippen LogP contribution in [0.1, 0.15) is 56.9 Å². The van der Waals surface area contributed by atoms with Gasteiger partial charge >= 0.3 is 6.03 Å². The lowest BCUT2D eigenvalue weighted by Gasteiger charge is -2.39. The van der Waals surface area contributed by atoms with Gasteiger partial charge < -0.3 is 31.1 Å². The van der Waals surface area contributed by atoms with Crippen LogP contribution in [0.4, 0.5) is 4.79 Å². The van der Waals surface area contributed by atoms with Gasteiger partial charge in [-0.05, 0) is 51.6 Å². The standard InChI is InChI=1S/C27H40N6O4/c1-17(28-2)24(34)31-22-16-32(27(37)29-3)15-14-19-12-13-23(33(19)26(22)36)25(35)30-21-11-7-10-20(21)18-8-5-4-6-9-18/h4-6,8-9,17,19-23,28H,7,10-16H2,1-3H3,(H,29,37)(H,30,35)(H,31,34)/t17-,19+,20+,21+,22-,23-/m0/s1. The molecule has 5 amide bonds. The average molecular weight is 513 g/mol. The smallest absolute Gasteiger partial charge is 0.317 e. The summed E-state index contributed by atoms with van der Waals surface area (Å²) in [6, 6.07) is 7.84. The van der Waals surface area contributed by atoms with E-state index in [1.165, 1.54) is 5.56 Å². The molecule has 2 heterocycles. The van der Waals surface area contributed by atoms with Crippen molar-refractivity contribution in [3.05, 3.63) is 35.9 Å². The Hall–Kier alpha value is -3.14. The summed E-state index contributed by atoms with van der Waals surface area (Å²) in [6.07, 6.45) is 4.83. The lowest BCUT2D eigenvalue weighted by Crippen LogP contribution is -2.63. The molecule has 0 aromatic heterocycles. The lowest BCUT2D eigenvalue weighted by molar-refractivity contribution is -0.145. The number of rotatable bonds is 6. The number of carbonyl (C=O) groups is 4. The second kappa shape index (κ2) is 11.9. The van der Waals surface area contributed by atoms with Gasteiger partial charge in [-0.1, -0.05) is 36.8 Å². The van der Waals surface area contributed by atoms with E-state index in [1.807, 2.05) is 18.2 Å². The minimum absolute atomic E-state index is 0.0366. The number of likely N-dealkylation sites (N-methyl/N-ethyl adjacent to an activating group) is 1. The Morgan fingerprint density at radius 2 is 1.73 bits per heavy atom. The maximum Gasteiger partial charge on any atom is 0.317 e. The number of hydrogen-bond donors (Lipinski definition) is 4. The van der Waals surface area contributed by atoms with Gasteiger partial charge in [0.1, 0.15) is 12.1 Å². The van der Waals surface area contributed by atoms with E-state index in [9.17, 15) is 19.2 Å². The first kappa shape index (κ1) is 26.9. The SMILES string of the molecule is CNC(=O)N1CC[C@H]2CC[C@@H](C(=O)N[C@@H]3CCC[C@@H]3c3ccccc3)N2C(=O)[C@@H](NC(=O)[C@H](C)NC)C1. The van der Waals surface area contributed by atoms with Crippen molar-refractivity contribution in [3.63, 3.8) is 0 Å². The summed E-state index contributed by atoms with van der Waals surface area (Å²) < 4.78 is 0. The molecule has 1 saturated carbocycles. The molecule has 3 aliphatic rings. The maximum absolute atomic E-state index is 13.9. The van der Waals surface area contributed by atoms with Crippen molar-refractivity contribution >= 4 is 23.8 Å². The van der Waals surface area contributed by atoms with Crippen LogP contribution in [0, 0.1) is 0 Å². The van der Waals surface area contributed by atoms with Gasteiger partial charge in [-0.15, -0.1) is 0 Å². The van der Waals surface area contributed by atoms with Crippen molar-refractivity contribution in [1.82, 2.24) is 31.1 Å². The van der Waals surface area contributed by atoms with Crippen molar-refractivity contribution in [3.8, 4) is 0 Å². The number of nitrogens with zero attached hydrogens (tertiary/aromatic N) is 2. The van der Waals surface area contributed by atoms with Gasteiger partial charge in [-0.25, -0.2) is 4.79 Å². The van der Waals surface area contributed by atoms with E-state index < -0.39 is 18.1 Å². The molecule has 2 aliphatic heterocycles. The largest absolute Gasteiger partial charge is 0.351 e. The number of amides is 5. The highest BCUT2D eigenvalue weighted by molar-refractivity contribution is 5.94. The predicted octanol–water partition coefficient (Wildman–Crippen LogP) is 0.936. The molecule has 4 rings (SSSR count). The molecule has 1 aliphatic carbocycles. The predicted molar refractivity (Wildman–Crippen MR) is 140 cm³/mol. The molecule has 202 valence electrons. The Labute approximate surface area is 218 Å². The molecule has 6 atom stereocenters. The Kier molecular flexibility index (Phi) is 8.68. The normalized spacial score (nSPS) is 28.6. The maximum atomic E-state index is 13.9. The summed E-state index contributed by atoms with van der Waals surface area (Å²) in [7, 11) is 3.22. The van der Waals surface area contributed by atoms with Gasteiger partial charge in [0.2, 0.25) is 17.7 Å². The molecular formula is C27H40N6O4. The summed E-state index contributed by atoms with van der Waals surface area (Å²) in [5.41, 5.74) is 1.23. The molecule has 37 heavy (non-hydrogen) atoms. The molecule has 1 aromatic carbocycles. The van der Waals surface area contributed by atoms with Gasteiger partial charge in [0.25, 0.3) is 0 Å². The third kappa shape index (κ3) is 5.89. The molecule has 0 radical (unpaired) electrons. The zero-order chi connectivity index (χ0) is 26.5. The van der Waals surface area contributed by atoms with E-state index in [0.29, 0.717) is 25.8 Å². The van der Waals surface area contributed by atoms with Crippen molar-refractivity contribution < 1.29 is 19.2 Å². The number of urea groups is 1. The van der Waals surface area contributed by atoms with Crippen LogP contribution in [0.25, 0.3) is 0 Å². The average Bonchev–Trinajstić information content (AvgIpc) is 3.55. The van der Waals surface area contributed by atoms with Gasteiger partial charge in [-0.2, -0.15) is 0 Å². The monoisotopic (exact) mass is 512 g/mol. The molecule has 0 bridgehead atoms. The minimum Gasteiger partial charge on any atom is -0.351 e. The number of carbonyl (C=O) groups excluding carboxylic acids is 4. The lowest BCUT2D eigenvalue weighted by atomic mass is 9.94. The van der Waals surface area contributed by atoms with E-state index in [0.717, 1.165) is 19.3 Å². The number of benzene rings is 1. The number of hydrogen-bond acceptors (Lipinski definition) is 5. The summed E-state index contributed by atoms with van der Waals surface area (Å²) in [4.78, 5) is 55.9. The van der Waals surface area contributed by atoms with E-state index in [-0.39, 0.29) is 48.3 Å². The summed E-state index contributed by atoms with van der Waals surface area (Å²) in [6.45, 7) is 2.20.